The highest BCUT2D eigenvalue weighted by atomic mass is 32.2. The van der Waals surface area contributed by atoms with E-state index in [0.717, 1.165) is 16.7 Å². The molecule has 0 spiro atoms. The van der Waals surface area contributed by atoms with Crippen LogP contribution in [-0.4, -0.2) is 57.3 Å². The molecule has 49 heavy (non-hydrogen) atoms. The van der Waals surface area contributed by atoms with Gasteiger partial charge < -0.3 is 15.0 Å². The van der Waals surface area contributed by atoms with Crippen molar-refractivity contribution in [1.82, 2.24) is 20.1 Å². The molecule has 4 aromatic rings. The van der Waals surface area contributed by atoms with Crippen LogP contribution in [0.4, 0.5) is 36.8 Å². The Bertz CT molecular complexity index is 1720. The number of aryl methyl sites for hydroxylation is 1. The minimum absolute atomic E-state index is 0.0334. The van der Waals surface area contributed by atoms with Crippen LogP contribution >= 0.6 is 11.8 Å². The Hall–Kier alpha value is -4.53. The molecule has 2 amide bonds. The van der Waals surface area contributed by atoms with Crippen LogP contribution in [0.5, 0.6) is 5.75 Å². The molecule has 0 saturated carbocycles. The topological polar surface area (TPSA) is 84.6 Å². The first-order chi connectivity index (χ1) is 23.1. The monoisotopic (exact) mass is 706 g/mol. The number of aliphatic imine (C=N–C) groups is 1. The number of urea groups is 1. The lowest BCUT2D eigenvalue weighted by atomic mass is 9.98. The average Bonchev–Trinajstić information content (AvgIpc) is 3.51. The van der Waals surface area contributed by atoms with E-state index in [0.29, 0.717) is 34.9 Å². The third kappa shape index (κ3) is 11.3. The van der Waals surface area contributed by atoms with Crippen molar-refractivity contribution >= 4 is 28.6 Å². The molecule has 0 atom stereocenters. The molecule has 0 fully saturated rings. The van der Waals surface area contributed by atoms with Crippen LogP contribution in [0.15, 0.2) is 78.0 Å². The number of hydrogen-bond acceptors (Lipinski definition) is 5. The van der Waals surface area contributed by atoms with Gasteiger partial charge in [0.25, 0.3) is 0 Å². The summed E-state index contributed by atoms with van der Waals surface area (Å²) in [5.41, 5.74) is 4.42. The maximum atomic E-state index is 13.4. The minimum Gasteiger partial charge on any atom is -0.406 e. The average molecular weight is 707 g/mol. The molecule has 4 rings (SSSR count). The van der Waals surface area contributed by atoms with E-state index in [-0.39, 0.29) is 29.9 Å². The second-order valence-electron chi connectivity index (χ2n) is 11.3. The zero-order chi connectivity index (χ0) is 35.8. The Morgan fingerprint density at radius 3 is 2.33 bits per heavy atom. The number of rotatable bonds is 11. The van der Waals surface area contributed by atoms with Gasteiger partial charge in [0.1, 0.15) is 12.1 Å². The number of carbonyl (C=O) groups excluding carboxylic acids is 1. The number of nitrogens with one attached hydrogen (secondary N) is 1. The lowest BCUT2D eigenvalue weighted by molar-refractivity contribution is -0.274. The maximum absolute atomic E-state index is 13.4. The molecule has 0 aliphatic heterocycles. The van der Waals surface area contributed by atoms with Crippen LogP contribution in [-0.2, 0) is 6.42 Å². The van der Waals surface area contributed by atoms with Gasteiger partial charge in [-0.2, -0.15) is 18.2 Å². The summed E-state index contributed by atoms with van der Waals surface area (Å²) in [6.07, 6.45) is -8.34. The van der Waals surface area contributed by atoms with Crippen LogP contribution in [0, 0.1) is 6.92 Å². The number of amides is 2. The summed E-state index contributed by atoms with van der Waals surface area (Å²) in [5.74, 6) is 0.585. The van der Waals surface area contributed by atoms with Crippen molar-refractivity contribution in [3.63, 3.8) is 0 Å². The molecule has 0 aliphatic rings. The van der Waals surface area contributed by atoms with Crippen molar-refractivity contribution in [2.24, 2.45) is 4.99 Å². The third-order valence-corrected chi connectivity index (χ3v) is 8.01. The molecule has 15 heteroatoms. The van der Waals surface area contributed by atoms with Gasteiger partial charge in [0.2, 0.25) is 0 Å². The van der Waals surface area contributed by atoms with Crippen LogP contribution in [0.2, 0.25) is 0 Å². The molecule has 3 aromatic carbocycles. The smallest absolute Gasteiger partial charge is 0.406 e. The summed E-state index contributed by atoms with van der Waals surface area (Å²) in [4.78, 5) is 22.9. The number of halogens is 6. The molecule has 262 valence electrons. The summed E-state index contributed by atoms with van der Waals surface area (Å²) < 4.78 is 82.7. The van der Waals surface area contributed by atoms with E-state index in [4.69, 9.17) is 0 Å². The Morgan fingerprint density at radius 2 is 1.71 bits per heavy atom. The number of hydrogen-bond donors (Lipinski definition) is 1. The Kier molecular flexibility index (Phi) is 12.4. The highest BCUT2D eigenvalue weighted by Crippen LogP contribution is 2.33. The summed E-state index contributed by atoms with van der Waals surface area (Å²) >= 11 is 1.20. The number of ether oxygens (including phenoxy) is 1. The van der Waals surface area contributed by atoms with Gasteiger partial charge in [-0.25, -0.2) is 14.5 Å². The number of anilines is 1. The summed E-state index contributed by atoms with van der Waals surface area (Å²) in [7, 11) is 0. The number of benzene rings is 3. The van der Waals surface area contributed by atoms with E-state index in [1.807, 2.05) is 58.0 Å². The fraction of sp³-hybridized carbons (Fsp3) is 0.353. The first-order valence-electron chi connectivity index (χ1n) is 15.4. The zero-order valence-corrected chi connectivity index (χ0v) is 28.1. The minimum atomic E-state index is -4.78. The van der Waals surface area contributed by atoms with Gasteiger partial charge in [-0.05, 0) is 72.0 Å². The second-order valence-corrected chi connectivity index (χ2v) is 12.5. The molecule has 8 nitrogen and oxygen atoms in total. The second kappa shape index (κ2) is 16.2. The molecule has 0 bridgehead atoms. The predicted molar refractivity (Wildman–Crippen MR) is 179 cm³/mol. The van der Waals surface area contributed by atoms with Crippen molar-refractivity contribution < 1.29 is 35.9 Å². The highest BCUT2D eigenvalue weighted by Gasteiger charge is 2.31. The normalized spacial score (nSPS) is 12.3. The first kappa shape index (κ1) is 37.3. The zero-order valence-electron chi connectivity index (χ0n) is 27.3. The van der Waals surface area contributed by atoms with Crippen molar-refractivity contribution in [2.45, 2.75) is 59.0 Å². The molecule has 1 heterocycles. The van der Waals surface area contributed by atoms with Gasteiger partial charge in [0.05, 0.1) is 12.1 Å². The number of amidine groups is 1. The van der Waals surface area contributed by atoms with Crippen molar-refractivity contribution in [3.8, 4) is 22.8 Å². The van der Waals surface area contributed by atoms with E-state index >= 15 is 0 Å². The first-order valence-corrected chi connectivity index (χ1v) is 16.4. The largest absolute Gasteiger partial charge is 0.573 e. The van der Waals surface area contributed by atoms with E-state index in [1.165, 1.54) is 51.9 Å². The van der Waals surface area contributed by atoms with Crippen molar-refractivity contribution in [1.29, 1.82) is 0 Å². The quantitative estimate of drug-likeness (QED) is 0.0952. The van der Waals surface area contributed by atoms with Crippen LogP contribution in [0.25, 0.3) is 17.1 Å². The van der Waals surface area contributed by atoms with Gasteiger partial charge in [0, 0.05) is 24.3 Å². The van der Waals surface area contributed by atoms with Gasteiger partial charge >= 0.3 is 18.6 Å². The van der Waals surface area contributed by atoms with E-state index in [1.54, 1.807) is 12.1 Å². The fourth-order valence-corrected chi connectivity index (χ4v) is 5.57. The predicted octanol–water partition coefficient (Wildman–Crippen LogP) is 9.08. The standard InChI is InChI=1S/C34H36F6N6O2S/c1-5-49-32(45(19-17-33(35,36)37)29-20-23(4)6-15-28(29)22(2)3)43-31(47)41-18-16-24-7-9-25(10-8-24)30-42-21-46(44-30)26-11-13-27(14-12-26)48-34(38,39)40/h6-15,20-22H,5,16-19H2,1-4H3,(H,41,47)/b43-32-. The Balaban J connectivity index is 1.41. The summed E-state index contributed by atoms with van der Waals surface area (Å²) in [5, 5.41) is 7.33. The van der Waals surface area contributed by atoms with E-state index in [9.17, 15) is 31.1 Å². The molecule has 1 aromatic heterocycles. The van der Waals surface area contributed by atoms with Crippen molar-refractivity contribution in [3.05, 3.63) is 89.7 Å². The molecular weight excluding hydrogens is 670 g/mol. The lowest BCUT2D eigenvalue weighted by Crippen LogP contribution is -2.35. The molecule has 0 aliphatic carbocycles. The number of alkyl halides is 6. The van der Waals surface area contributed by atoms with Crippen molar-refractivity contribution in [2.75, 3.05) is 23.7 Å². The van der Waals surface area contributed by atoms with Crippen LogP contribution < -0.4 is 15.0 Å². The summed E-state index contributed by atoms with van der Waals surface area (Å²) in [6, 6.07) is 17.5. The van der Waals surface area contributed by atoms with Crippen LogP contribution in [0.1, 0.15) is 49.8 Å². The van der Waals surface area contributed by atoms with Gasteiger partial charge in [-0.3, -0.25) is 0 Å². The Morgan fingerprint density at radius 1 is 1.02 bits per heavy atom. The van der Waals surface area contributed by atoms with Gasteiger partial charge in [0.15, 0.2) is 11.0 Å². The summed E-state index contributed by atoms with van der Waals surface area (Å²) in [6.45, 7) is 7.49. The lowest BCUT2D eigenvalue weighted by Gasteiger charge is -2.29. The maximum Gasteiger partial charge on any atom is 0.573 e. The van der Waals surface area contributed by atoms with Gasteiger partial charge in [-0.1, -0.05) is 68.9 Å². The third-order valence-electron chi connectivity index (χ3n) is 7.15. The highest BCUT2D eigenvalue weighted by molar-refractivity contribution is 8.14. The molecular formula is C34H36F6N6O2S. The van der Waals surface area contributed by atoms with E-state index < -0.39 is 25.0 Å². The van der Waals surface area contributed by atoms with Crippen LogP contribution in [0.3, 0.4) is 0 Å². The van der Waals surface area contributed by atoms with E-state index in [2.05, 4.69) is 25.1 Å². The van der Waals surface area contributed by atoms with Gasteiger partial charge in [-0.15, -0.1) is 18.3 Å². The molecule has 0 unspecified atom stereocenters. The fourth-order valence-electron chi connectivity index (χ4n) is 4.81. The number of aromatic nitrogens is 3. The number of nitrogens with zero attached hydrogens (tertiary/aromatic N) is 5. The molecule has 1 N–H and O–H groups in total. The number of carbonyl (C=O) groups is 1. The molecule has 0 radical (unpaired) electrons. The molecule has 0 saturated heterocycles. The Labute approximate surface area is 284 Å². The SMILES string of the molecule is CCS/C(=N\C(=O)NCCc1ccc(-c2ncn(-c3ccc(OC(F)(F)F)cc3)n2)cc1)N(CCC(F)(F)F)c1cc(C)ccc1C(C)C. The number of thioether (sulfide) groups is 1.